The summed E-state index contributed by atoms with van der Waals surface area (Å²) in [6, 6.07) is 0.0944. The number of hydrogen-bond donors (Lipinski definition) is 1. The fourth-order valence-electron chi connectivity index (χ4n) is 1.55. The maximum atomic E-state index is 11.5. The van der Waals surface area contributed by atoms with Gasteiger partial charge in [0.1, 0.15) is 0 Å². The Bertz CT molecular complexity index is 162. The summed E-state index contributed by atoms with van der Waals surface area (Å²) < 4.78 is 0. The monoisotopic (exact) mass is 184 g/mol. The largest absolute Gasteiger partial charge is 0.338 e. The minimum atomic E-state index is 0.0944. The molecule has 0 saturated heterocycles. The van der Waals surface area contributed by atoms with Crippen molar-refractivity contribution in [2.75, 3.05) is 19.6 Å². The first-order valence-corrected chi connectivity index (χ1v) is 5.30. The second-order valence-electron chi connectivity index (χ2n) is 3.66. The first-order valence-electron chi connectivity index (χ1n) is 5.30. The van der Waals surface area contributed by atoms with Crippen LogP contribution in [0.4, 0.5) is 4.79 Å². The second-order valence-corrected chi connectivity index (χ2v) is 3.66. The van der Waals surface area contributed by atoms with Gasteiger partial charge in [-0.15, -0.1) is 0 Å². The van der Waals surface area contributed by atoms with Crippen molar-refractivity contribution in [2.24, 2.45) is 5.92 Å². The Kier molecular flexibility index (Phi) is 4.06. The molecule has 0 aromatic rings. The lowest BCUT2D eigenvalue weighted by Gasteiger charge is -2.27. The Morgan fingerprint density at radius 1 is 1.38 bits per heavy atom. The number of amides is 2. The van der Waals surface area contributed by atoms with Gasteiger partial charge in [0.25, 0.3) is 0 Å². The van der Waals surface area contributed by atoms with Gasteiger partial charge in [-0.3, -0.25) is 0 Å². The average molecular weight is 184 g/mol. The zero-order chi connectivity index (χ0) is 9.68. The number of rotatable bonds is 4. The highest BCUT2D eigenvalue weighted by molar-refractivity contribution is 5.74. The van der Waals surface area contributed by atoms with E-state index in [1.54, 1.807) is 0 Å². The summed E-state index contributed by atoms with van der Waals surface area (Å²) >= 11 is 0. The van der Waals surface area contributed by atoms with E-state index in [-0.39, 0.29) is 6.03 Å². The fraction of sp³-hybridized carbons (Fsp3) is 0.900. The van der Waals surface area contributed by atoms with E-state index in [9.17, 15) is 4.79 Å². The van der Waals surface area contributed by atoms with Crippen LogP contribution in [-0.4, -0.2) is 30.6 Å². The lowest BCUT2D eigenvalue weighted by Crippen LogP contribution is -2.42. The molecule has 0 heterocycles. The highest BCUT2D eigenvalue weighted by Gasteiger charge is 2.18. The van der Waals surface area contributed by atoms with Crippen LogP contribution in [0.1, 0.15) is 33.1 Å². The van der Waals surface area contributed by atoms with Gasteiger partial charge in [-0.1, -0.05) is 6.42 Å². The van der Waals surface area contributed by atoms with E-state index in [2.05, 4.69) is 5.32 Å². The number of nitrogens with zero attached hydrogens (tertiary/aromatic N) is 1. The van der Waals surface area contributed by atoms with Crippen molar-refractivity contribution in [1.82, 2.24) is 10.2 Å². The van der Waals surface area contributed by atoms with Gasteiger partial charge in [-0.05, 0) is 32.6 Å². The van der Waals surface area contributed by atoms with Gasteiger partial charge in [0.2, 0.25) is 0 Å². The zero-order valence-corrected chi connectivity index (χ0v) is 8.68. The summed E-state index contributed by atoms with van der Waals surface area (Å²) in [4.78, 5) is 13.3. The number of urea groups is 1. The highest BCUT2D eigenvalue weighted by atomic mass is 16.2. The Morgan fingerprint density at radius 3 is 2.38 bits per heavy atom. The number of nitrogens with one attached hydrogen (secondary N) is 1. The van der Waals surface area contributed by atoms with Crippen LogP contribution in [-0.2, 0) is 0 Å². The molecule has 1 rings (SSSR count). The molecule has 1 N–H and O–H groups in total. The Hall–Kier alpha value is -0.730. The second kappa shape index (κ2) is 5.10. The average Bonchev–Trinajstić information content (AvgIpc) is 2.04. The molecule has 2 amide bonds. The molecule has 0 unspecified atom stereocenters. The first kappa shape index (κ1) is 10.4. The molecule has 0 bridgehead atoms. The zero-order valence-electron chi connectivity index (χ0n) is 8.68. The summed E-state index contributed by atoms with van der Waals surface area (Å²) in [5.41, 5.74) is 0. The van der Waals surface area contributed by atoms with Gasteiger partial charge in [0.15, 0.2) is 0 Å². The normalized spacial score (nSPS) is 16.5. The van der Waals surface area contributed by atoms with Crippen molar-refractivity contribution >= 4 is 6.03 Å². The van der Waals surface area contributed by atoms with Crippen LogP contribution < -0.4 is 5.32 Å². The lowest BCUT2D eigenvalue weighted by molar-refractivity contribution is 0.196. The third-order valence-electron chi connectivity index (χ3n) is 2.82. The van der Waals surface area contributed by atoms with E-state index in [4.69, 9.17) is 0 Å². The van der Waals surface area contributed by atoms with Crippen LogP contribution in [0.2, 0.25) is 0 Å². The SMILES string of the molecule is CCN(CC)C(=O)NCC1CCC1. The minimum Gasteiger partial charge on any atom is -0.338 e. The van der Waals surface area contributed by atoms with Gasteiger partial charge >= 0.3 is 6.03 Å². The molecule has 1 aliphatic rings. The van der Waals surface area contributed by atoms with Crippen LogP contribution in [0.25, 0.3) is 0 Å². The number of carbonyl (C=O) groups is 1. The first-order chi connectivity index (χ1) is 6.27. The van der Waals surface area contributed by atoms with Crippen molar-refractivity contribution in [3.63, 3.8) is 0 Å². The summed E-state index contributed by atoms with van der Waals surface area (Å²) in [5.74, 6) is 0.750. The van der Waals surface area contributed by atoms with E-state index in [0.717, 1.165) is 25.6 Å². The van der Waals surface area contributed by atoms with Gasteiger partial charge in [0.05, 0.1) is 0 Å². The molecule has 1 fully saturated rings. The maximum absolute atomic E-state index is 11.5. The van der Waals surface area contributed by atoms with Crippen LogP contribution in [0, 0.1) is 5.92 Å². The van der Waals surface area contributed by atoms with Crippen molar-refractivity contribution < 1.29 is 4.79 Å². The summed E-state index contributed by atoms with van der Waals surface area (Å²) in [7, 11) is 0. The molecule has 0 aromatic heterocycles. The molecule has 76 valence electrons. The molecular weight excluding hydrogens is 164 g/mol. The van der Waals surface area contributed by atoms with Crippen molar-refractivity contribution in [3.05, 3.63) is 0 Å². The highest BCUT2D eigenvalue weighted by Crippen LogP contribution is 2.25. The van der Waals surface area contributed by atoms with Gasteiger partial charge in [0, 0.05) is 19.6 Å². The summed E-state index contributed by atoms with van der Waals surface area (Å²) in [6.07, 6.45) is 3.92. The van der Waals surface area contributed by atoms with E-state index >= 15 is 0 Å². The number of hydrogen-bond acceptors (Lipinski definition) is 1. The quantitative estimate of drug-likeness (QED) is 0.710. The van der Waals surface area contributed by atoms with E-state index in [1.165, 1.54) is 19.3 Å². The fourth-order valence-corrected chi connectivity index (χ4v) is 1.55. The molecule has 0 aromatic carbocycles. The Morgan fingerprint density at radius 2 is 2.00 bits per heavy atom. The standard InChI is InChI=1S/C10H20N2O/c1-3-12(4-2)10(13)11-8-9-6-5-7-9/h9H,3-8H2,1-2H3,(H,11,13). The predicted molar refractivity (Wildman–Crippen MR) is 53.7 cm³/mol. The molecule has 1 saturated carbocycles. The van der Waals surface area contributed by atoms with E-state index in [0.29, 0.717) is 0 Å². The van der Waals surface area contributed by atoms with Gasteiger partial charge < -0.3 is 10.2 Å². The van der Waals surface area contributed by atoms with Crippen LogP contribution in [0.3, 0.4) is 0 Å². The van der Waals surface area contributed by atoms with Crippen LogP contribution >= 0.6 is 0 Å². The molecule has 0 radical (unpaired) electrons. The molecule has 0 spiro atoms. The van der Waals surface area contributed by atoms with Crippen LogP contribution in [0.5, 0.6) is 0 Å². The summed E-state index contributed by atoms with van der Waals surface area (Å²) in [6.45, 7) is 6.48. The minimum absolute atomic E-state index is 0.0944. The van der Waals surface area contributed by atoms with Gasteiger partial charge in [-0.25, -0.2) is 4.79 Å². The lowest BCUT2D eigenvalue weighted by atomic mass is 9.85. The Labute approximate surface area is 80.5 Å². The molecular formula is C10H20N2O. The van der Waals surface area contributed by atoms with Crippen molar-refractivity contribution in [2.45, 2.75) is 33.1 Å². The molecule has 3 nitrogen and oxygen atoms in total. The molecule has 0 aliphatic heterocycles. The molecule has 0 atom stereocenters. The van der Waals surface area contributed by atoms with Crippen molar-refractivity contribution in [3.8, 4) is 0 Å². The van der Waals surface area contributed by atoms with E-state index in [1.807, 2.05) is 18.7 Å². The number of carbonyl (C=O) groups excluding carboxylic acids is 1. The smallest absolute Gasteiger partial charge is 0.317 e. The van der Waals surface area contributed by atoms with Crippen LogP contribution in [0.15, 0.2) is 0 Å². The maximum Gasteiger partial charge on any atom is 0.317 e. The van der Waals surface area contributed by atoms with Gasteiger partial charge in [-0.2, -0.15) is 0 Å². The third-order valence-corrected chi connectivity index (χ3v) is 2.82. The van der Waals surface area contributed by atoms with Crippen molar-refractivity contribution in [1.29, 1.82) is 0 Å². The third kappa shape index (κ3) is 2.90. The summed E-state index contributed by atoms with van der Waals surface area (Å²) in [5, 5.41) is 2.97. The predicted octanol–water partition coefficient (Wildman–Crippen LogP) is 1.84. The Balaban J connectivity index is 2.14. The molecule has 13 heavy (non-hydrogen) atoms. The topological polar surface area (TPSA) is 32.3 Å². The molecule has 1 aliphatic carbocycles. The molecule has 3 heteroatoms. The van der Waals surface area contributed by atoms with E-state index < -0.39 is 0 Å².